The van der Waals surface area contributed by atoms with Gasteiger partial charge in [-0.3, -0.25) is 0 Å². The molecule has 3 nitrogen and oxygen atoms in total. The van der Waals surface area contributed by atoms with E-state index in [0.717, 1.165) is 6.92 Å². The van der Waals surface area contributed by atoms with Crippen LogP contribution in [0.3, 0.4) is 0 Å². The molecule has 1 atom stereocenters. The maximum atomic E-state index is 13.3. The van der Waals surface area contributed by atoms with Gasteiger partial charge in [0.15, 0.2) is 5.60 Å². The molecule has 0 bridgehead atoms. The molecule has 1 N–H and O–H groups in total. The highest BCUT2D eigenvalue weighted by Crippen LogP contribution is 2.45. The number of rotatable bonds is 0. The van der Waals surface area contributed by atoms with Gasteiger partial charge in [0.1, 0.15) is 5.75 Å². The number of ether oxygens (including phenoxy) is 1. The van der Waals surface area contributed by atoms with Crippen LogP contribution in [0, 0.1) is 0 Å². The molecule has 0 saturated heterocycles. The number of aliphatic hydroxyl groups is 1. The molecule has 1 heterocycles. The van der Waals surface area contributed by atoms with Gasteiger partial charge in [-0.2, -0.15) is 8.78 Å². The van der Waals surface area contributed by atoms with Crippen molar-refractivity contribution in [1.82, 2.24) is 0 Å². The van der Waals surface area contributed by atoms with Crippen molar-refractivity contribution in [3.8, 4) is 5.75 Å². The van der Waals surface area contributed by atoms with E-state index in [0.29, 0.717) is 0 Å². The molecule has 0 radical (unpaired) electrons. The zero-order chi connectivity index (χ0) is 11.3. The zero-order valence-corrected chi connectivity index (χ0v) is 7.83. The van der Waals surface area contributed by atoms with E-state index in [1.165, 1.54) is 24.3 Å². The third-order valence-electron chi connectivity index (χ3n) is 2.48. The third-order valence-corrected chi connectivity index (χ3v) is 2.48. The Balaban J connectivity index is 2.66. The first kappa shape index (κ1) is 10.0. The Morgan fingerprint density at radius 2 is 1.93 bits per heavy atom. The monoisotopic (exact) mass is 214 g/mol. The number of halogens is 2. The predicted octanol–water partition coefficient (Wildman–Crippen LogP) is 1.45. The molecule has 0 aliphatic carbocycles. The number of benzene rings is 1. The lowest BCUT2D eigenvalue weighted by Gasteiger charge is -2.35. The van der Waals surface area contributed by atoms with Gasteiger partial charge in [0.2, 0.25) is 0 Å². The standard InChI is InChI=1S/C10H8F2O3/c1-9(14)6-4-2-3-5-7(6)15-8(13)10(9,11)12/h2-5,14H,1H3. The van der Waals surface area contributed by atoms with E-state index in [2.05, 4.69) is 4.74 Å². The van der Waals surface area contributed by atoms with Crippen LogP contribution in [0.15, 0.2) is 24.3 Å². The van der Waals surface area contributed by atoms with E-state index in [1.54, 1.807) is 0 Å². The average Bonchev–Trinajstić information content (AvgIpc) is 2.16. The fourth-order valence-electron chi connectivity index (χ4n) is 1.49. The highest BCUT2D eigenvalue weighted by Gasteiger charge is 2.61. The SMILES string of the molecule is CC1(O)c2ccccc2OC(=O)C1(F)F. The van der Waals surface area contributed by atoms with Crippen molar-refractivity contribution in [2.75, 3.05) is 0 Å². The second kappa shape index (κ2) is 2.76. The quantitative estimate of drug-likeness (QED) is 0.525. The summed E-state index contributed by atoms with van der Waals surface area (Å²) in [7, 11) is 0. The van der Waals surface area contributed by atoms with Crippen molar-refractivity contribution >= 4 is 5.97 Å². The molecule has 1 aliphatic heterocycles. The summed E-state index contributed by atoms with van der Waals surface area (Å²) < 4.78 is 31.1. The van der Waals surface area contributed by atoms with Crippen LogP contribution < -0.4 is 4.74 Å². The molecule has 1 unspecified atom stereocenters. The van der Waals surface area contributed by atoms with E-state index >= 15 is 0 Å². The number of carbonyl (C=O) groups is 1. The van der Waals surface area contributed by atoms with Gasteiger partial charge in [0.25, 0.3) is 0 Å². The number of hydrogen-bond donors (Lipinski definition) is 1. The van der Waals surface area contributed by atoms with Crippen LogP contribution in [0.2, 0.25) is 0 Å². The summed E-state index contributed by atoms with van der Waals surface area (Å²) in [6.45, 7) is 0.895. The van der Waals surface area contributed by atoms with Crippen molar-refractivity contribution < 1.29 is 23.4 Å². The topological polar surface area (TPSA) is 46.5 Å². The molecule has 1 aromatic rings. The summed E-state index contributed by atoms with van der Waals surface area (Å²) in [5.41, 5.74) is -2.62. The van der Waals surface area contributed by atoms with E-state index in [4.69, 9.17) is 0 Å². The number of para-hydroxylation sites is 1. The van der Waals surface area contributed by atoms with E-state index < -0.39 is 17.5 Å². The second-order valence-electron chi connectivity index (χ2n) is 3.53. The second-order valence-corrected chi connectivity index (χ2v) is 3.53. The average molecular weight is 214 g/mol. The van der Waals surface area contributed by atoms with Crippen LogP contribution in [0.4, 0.5) is 8.78 Å². The highest BCUT2D eigenvalue weighted by atomic mass is 19.3. The Kier molecular flexibility index (Phi) is 1.85. The molecule has 0 saturated carbocycles. The molecular weight excluding hydrogens is 206 g/mol. The van der Waals surface area contributed by atoms with Crippen molar-refractivity contribution in [3.63, 3.8) is 0 Å². The Bertz CT molecular complexity index is 426. The van der Waals surface area contributed by atoms with Gasteiger partial charge in [-0.15, -0.1) is 0 Å². The summed E-state index contributed by atoms with van der Waals surface area (Å²) in [6, 6.07) is 5.68. The molecule has 0 fully saturated rings. The van der Waals surface area contributed by atoms with Gasteiger partial charge >= 0.3 is 11.9 Å². The molecule has 15 heavy (non-hydrogen) atoms. The van der Waals surface area contributed by atoms with Gasteiger partial charge < -0.3 is 9.84 Å². The van der Waals surface area contributed by atoms with Gasteiger partial charge in [-0.25, -0.2) is 4.79 Å². The van der Waals surface area contributed by atoms with Gasteiger partial charge in [0, 0.05) is 5.56 Å². The van der Waals surface area contributed by atoms with Crippen molar-refractivity contribution in [2.45, 2.75) is 18.4 Å². The summed E-state index contributed by atoms with van der Waals surface area (Å²) >= 11 is 0. The Labute approximate surface area is 84.3 Å². The lowest BCUT2D eigenvalue weighted by Crippen LogP contribution is -2.53. The molecule has 1 aromatic carbocycles. The predicted molar refractivity (Wildman–Crippen MR) is 46.6 cm³/mol. The number of hydrogen-bond acceptors (Lipinski definition) is 3. The van der Waals surface area contributed by atoms with Crippen molar-refractivity contribution in [3.05, 3.63) is 29.8 Å². The van der Waals surface area contributed by atoms with Crippen LogP contribution in [0.1, 0.15) is 12.5 Å². The summed E-state index contributed by atoms with van der Waals surface area (Å²) in [6.07, 6.45) is 0. The Hall–Kier alpha value is -1.49. The number of fused-ring (bicyclic) bond motifs is 1. The number of alkyl halides is 2. The molecule has 0 spiro atoms. The molecule has 0 amide bonds. The first-order chi connectivity index (χ1) is 6.87. The van der Waals surface area contributed by atoms with Crippen molar-refractivity contribution in [2.24, 2.45) is 0 Å². The molecular formula is C10H8F2O3. The van der Waals surface area contributed by atoms with E-state index in [1.807, 2.05) is 0 Å². The zero-order valence-electron chi connectivity index (χ0n) is 7.83. The number of esters is 1. The molecule has 80 valence electrons. The lowest BCUT2D eigenvalue weighted by molar-refractivity contribution is -0.211. The first-order valence-corrected chi connectivity index (χ1v) is 4.29. The first-order valence-electron chi connectivity index (χ1n) is 4.29. The minimum absolute atomic E-state index is 0.0292. The van der Waals surface area contributed by atoms with Crippen molar-refractivity contribution in [1.29, 1.82) is 0 Å². The minimum Gasteiger partial charge on any atom is -0.422 e. The van der Waals surface area contributed by atoms with E-state index in [9.17, 15) is 18.7 Å². The molecule has 5 heteroatoms. The summed E-state index contributed by atoms with van der Waals surface area (Å²) in [5, 5.41) is 9.67. The molecule has 1 aliphatic rings. The Morgan fingerprint density at radius 1 is 1.33 bits per heavy atom. The largest absolute Gasteiger partial charge is 0.422 e. The normalized spacial score (nSPS) is 28.1. The Morgan fingerprint density at radius 3 is 2.60 bits per heavy atom. The summed E-state index contributed by atoms with van der Waals surface area (Å²) in [4.78, 5) is 11.0. The smallest absolute Gasteiger partial charge is 0.385 e. The van der Waals surface area contributed by atoms with E-state index in [-0.39, 0.29) is 11.3 Å². The third kappa shape index (κ3) is 1.16. The molecule has 0 aromatic heterocycles. The van der Waals surface area contributed by atoms with Crippen LogP contribution in [0.25, 0.3) is 0 Å². The minimum atomic E-state index is -3.93. The van der Waals surface area contributed by atoms with Gasteiger partial charge in [-0.1, -0.05) is 18.2 Å². The fraction of sp³-hybridized carbons (Fsp3) is 0.300. The summed E-state index contributed by atoms with van der Waals surface area (Å²) in [5.74, 6) is -5.69. The highest BCUT2D eigenvalue weighted by molar-refractivity contribution is 5.84. The van der Waals surface area contributed by atoms with Crippen LogP contribution in [-0.2, 0) is 10.4 Å². The lowest BCUT2D eigenvalue weighted by atomic mass is 9.86. The maximum absolute atomic E-state index is 13.3. The maximum Gasteiger partial charge on any atom is 0.385 e. The van der Waals surface area contributed by atoms with Crippen LogP contribution >= 0.6 is 0 Å². The number of carbonyl (C=O) groups excluding carboxylic acids is 1. The van der Waals surface area contributed by atoms with Gasteiger partial charge in [0.05, 0.1) is 0 Å². The van der Waals surface area contributed by atoms with Gasteiger partial charge in [-0.05, 0) is 13.0 Å². The van der Waals surface area contributed by atoms with Crippen LogP contribution in [0.5, 0.6) is 5.75 Å². The van der Waals surface area contributed by atoms with Crippen LogP contribution in [-0.4, -0.2) is 17.0 Å². The fourth-order valence-corrected chi connectivity index (χ4v) is 1.49. The molecule has 2 rings (SSSR count).